The van der Waals surface area contributed by atoms with Gasteiger partial charge in [0.15, 0.2) is 0 Å². The maximum atomic E-state index is 13.9. The van der Waals surface area contributed by atoms with E-state index in [0.717, 1.165) is 31.5 Å². The maximum absolute atomic E-state index is 13.9. The van der Waals surface area contributed by atoms with Gasteiger partial charge in [0.25, 0.3) is 0 Å². The molecule has 6 N–H and O–H groups in total. The number of fused-ring (bicyclic) bond motifs is 3. The van der Waals surface area contributed by atoms with Crippen molar-refractivity contribution in [1.29, 1.82) is 0 Å². The summed E-state index contributed by atoms with van der Waals surface area (Å²) in [6, 6.07) is 0.648. The fraction of sp³-hybridized carbons (Fsp3) is 0.581. The van der Waals surface area contributed by atoms with E-state index in [0.29, 0.717) is 23.0 Å². The molecule has 0 bridgehead atoms. The van der Waals surface area contributed by atoms with Crippen LogP contribution in [-0.4, -0.2) is 93.7 Å². The van der Waals surface area contributed by atoms with E-state index < -0.39 is 40.9 Å². The van der Waals surface area contributed by atoms with E-state index in [1.165, 1.54) is 6.07 Å². The molecule has 1 aromatic rings. The molecule has 0 saturated carbocycles. The van der Waals surface area contributed by atoms with Gasteiger partial charge < -0.3 is 0 Å². The molecular formula is C31H41BClN3O6. The van der Waals surface area contributed by atoms with Crippen LogP contribution in [0.15, 0.2) is 28.7 Å². The van der Waals surface area contributed by atoms with Gasteiger partial charge in [-0.15, -0.1) is 0 Å². The number of ketones is 1. The van der Waals surface area contributed by atoms with Crippen molar-refractivity contribution >= 4 is 36.2 Å². The number of nitrogens with zero attached hydrogens (tertiary/aromatic N) is 2. The van der Waals surface area contributed by atoms with Crippen LogP contribution in [0.5, 0.6) is 5.75 Å². The molecule has 1 heterocycles. The van der Waals surface area contributed by atoms with E-state index in [2.05, 4.69) is 33.2 Å². The zero-order chi connectivity index (χ0) is 31.0. The summed E-state index contributed by atoms with van der Waals surface area (Å²) < 4.78 is 0. The number of hydrogen-bond acceptors (Lipinski definition) is 8. The molecule has 1 aliphatic heterocycles. The van der Waals surface area contributed by atoms with E-state index in [1.807, 2.05) is 0 Å². The first-order valence-electron chi connectivity index (χ1n) is 14.5. The van der Waals surface area contributed by atoms with Crippen LogP contribution in [0, 0.1) is 23.2 Å². The number of primary amides is 1. The Balaban J connectivity index is 1.53. The number of rotatable bonds is 4. The SMILES string of the molecule is B=C1C(C(N)=O)=C(O)[C@@H](N(C)C)[C@@H]2C[C@@H]3Cc4c(Cl)c(CN5CCC(C(C)(C)C)CC5)cc(O)c4C(=O)C3=C(O)[C@]12O. The number of phenolic OH excluding ortho intramolecular Hbond substituents is 1. The van der Waals surface area contributed by atoms with E-state index in [4.69, 9.17) is 17.3 Å². The second kappa shape index (κ2) is 10.5. The zero-order valence-electron chi connectivity index (χ0n) is 25.0. The van der Waals surface area contributed by atoms with Crippen LogP contribution in [0.25, 0.3) is 0 Å². The molecule has 3 aliphatic carbocycles. The summed E-state index contributed by atoms with van der Waals surface area (Å²) in [5.41, 5.74) is 4.16. The topological polar surface area (TPSA) is 148 Å². The number of hydrogen-bond donors (Lipinski definition) is 5. The van der Waals surface area contributed by atoms with E-state index in [9.17, 15) is 30.0 Å². The molecule has 0 unspecified atom stereocenters. The summed E-state index contributed by atoms with van der Waals surface area (Å²) in [5.74, 6) is -3.59. The Kier molecular flexibility index (Phi) is 7.70. The van der Waals surface area contributed by atoms with Gasteiger partial charge >= 0.3 is 208 Å². The van der Waals surface area contributed by atoms with Crippen LogP contribution < -0.4 is 5.73 Å². The van der Waals surface area contributed by atoms with Crippen molar-refractivity contribution in [3.63, 3.8) is 0 Å². The molecule has 1 fully saturated rings. The molecule has 0 aromatic heterocycles. The molecule has 11 heteroatoms. The van der Waals surface area contributed by atoms with Gasteiger partial charge in [0.1, 0.15) is 0 Å². The molecule has 0 spiro atoms. The number of allylic oxidation sites excluding steroid dienone is 1. The number of amides is 1. The first kappa shape index (κ1) is 30.8. The Labute approximate surface area is 252 Å². The fourth-order valence-electron chi connectivity index (χ4n) is 7.83. The number of carbonyl (C=O) groups is 2. The van der Waals surface area contributed by atoms with Crippen LogP contribution >= 0.6 is 11.6 Å². The fourth-order valence-corrected chi connectivity index (χ4v) is 8.12. The molecule has 42 heavy (non-hydrogen) atoms. The van der Waals surface area contributed by atoms with Crippen molar-refractivity contribution in [3.05, 3.63) is 50.4 Å². The minimum atomic E-state index is -2.22. The number of phenols is 1. The number of aliphatic hydroxyl groups excluding tert-OH is 2. The number of likely N-dealkylation sites (N-methyl/N-ethyl adjacent to an activating group) is 1. The number of aliphatic hydroxyl groups is 3. The number of benzene rings is 1. The third kappa shape index (κ3) is 4.62. The standard InChI is InChI=1S/C31H41BClN3O6/c1-30(2,3)16-6-8-36(9-7-16)13-15-12-19(37)21-17(23(15)33)10-14-11-18-24(35(4)5)26(39)22(29(34)41)27(32)31(18,42)28(40)20(14)25(21)38/h12,14,16,18,24,32,37,39-40,42H,6-11,13H2,1-5H3,(H2,34,41)/t14-,18-,24-,31+/m0/s1. The van der Waals surface area contributed by atoms with Gasteiger partial charge in [-0.3, -0.25) is 0 Å². The third-order valence-corrected chi connectivity index (χ3v) is 10.6. The summed E-state index contributed by atoms with van der Waals surface area (Å²) in [6.07, 6.45) is 2.58. The molecular weight excluding hydrogens is 557 g/mol. The Morgan fingerprint density at radius 2 is 1.83 bits per heavy atom. The Morgan fingerprint density at radius 3 is 2.38 bits per heavy atom. The van der Waals surface area contributed by atoms with Gasteiger partial charge in [-0.2, -0.15) is 0 Å². The average molecular weight is 598 g/mol. The van der Waals surface area contributed by atoms with Crippen molar-refractivity contribution in [1.82, 2.24) is 9.80 Å². The molecule has 5 rings (SSSR count). The van der Waals surface area contributed by atoms with E-state index in [1.54, 1.807) is 19.0 Å². The van der Waals surface area contributed by atoms with E-state index in [-0.39, 0.29) is 51.9 Å². The number of Topliss-reactive ketones (excluding diaryl/α,β-unsaturated/α-hetero) is 1. The van der Waals surface area contributed by atoms with Crippen molar-refractivity contribution in [3.8, 4) is 5.75 Å². The molecule has 0 radical (unpaired) electrons. The second-order valence-electron chi connectivity index (χ2n) is 13.8. The first-order valence-corrected chi connectivity index (χ1v) is 14.9. The molecule has 9 nitrogen and oxygen atoms in total. The summed E-state index contributed by atoms with van der Waals surface area (Å²) >= 11 is 6.96. The van der Waals surface area contributed by atoms with Crippen molar-refractivity contribution < 1.29 is 30.0 Å². The van der Waals surface area contributed by atoms with Gasteiger partial charge in [-0.1, -0.05) is 20.8 Å². The van der Waals surface area contributed by atoms with Crippen LogP contribution in [0.1, 0.15) is 61.5 Å². The van der Waals surface area contributed by atoms with Crippen molar-refractivity contribution in [2.24, 2.45) is 28.9 Å². The number of carbonyl (C=O) groups excluding carboxylic acids is 2. The van der Waals surface area contributed by atoms with Crippen LogP contribution in [0.2, 0.25) is 5.02 Å². The van der Waals surface area contributed by atoms with Crippen molar-refractivity contribution in [2.75, 3.05) is 27.2 Å². The van der Waals surface area contributed by atoms with Gasteiger partial charge in [-0.05, 0) is 24.2 Å². The van der Waals surface area contributed by atoms with Crippen LogP contribution in [-0.2, 0) is 17.8 Å². The van der Waals surface area contributed by atoms with E-state index >= 15 is 0 Å². The summed E-state index contributed by atoms with van der Waals surface area (Å²) in [6.45, 7) is 9.19. The first-order chi connectivity index (χ1) is 19.5. The van der Waals surface area contributed by atoms with Gasteiger partial charge in [0.05, 0.1) is 0 Å². The predicted octanol–water partition coefficient (Wildman–Crippen LogP) is 2.54. The molecule has 226 valence electrons. The molecule has 4 atom stereocenters. The third-order valence-electron chi connectivity index (χ3n) is 10.1. The summed E-state index contributed by atoms with van der Waals surface area (Å²) in [4.78, 5) is 30.2. The number of halogens is 1. The Morgan fingerprint density at radius 1 is 1.21 bits per heavy atom. The van der Waals surface area contributed by atoms with Crippen LogP contribution in [0.4, 0.5) is 0 Å². The van der Waals surface area contributed by atoms with Gasteiger partial charge in [-0.25, -0.2) is 0 Å². The normalized spacial score (nSPS) is 29.1. The Bertz CT molecular complexity index is 1440. The molecule has 1 amide bonds. The molecule has 1 saturated heterocycles. The van der Waals surface area contributed by atoms with Gasteiger partial charge in [0, 0.05) is 0 Å². The summed E-state index contributed by atoms with van der Waals surface area (Å²) in [5, 5.41) is 46.1. The number of piperidine rings is 1. The molecule has 1 aromatic carbocycles. The summed E-state index contributed by atoms with van der Waals surface area (Å²) in [7, 11) is 7.18. The van der Waals surface area contributed by atoms with Crippen LogP contribution in [0.3, 0.4) is 0 Å². The van der Waals surface area contributed by atoms with Gasteiger partial charge in [0.2, 0.25) is 0 Å². The monoisotopic (exact) mass is 597 g/mol. The quantitative estimate of drug-likeness (QED) is 0.333. The van der Waals surface area contributed by atoms with Crippen molar-refractivity contribution in [2.45, 2.75) is 64.6 Å². The number of nitrogens with two attached hydrogens (primary N) is 1. The second-order valence-corrected chi connectivity index (χ2v) is 14.1. The Hall–Kier alpha value is -2.66. The molecule has 4 aliphatic rings. The average Bonchev–Trinajstić information content (AvgIpc) is 2.88. The number of aromatic hydroxyl groups is 1. The number of likely N-dealkylation sites (tertiary alicyclic amines) is 1. The predicted molar refractivity (Wildman–Crippen MR) is 163 cm³/mol. The minimum absolute atomic E-state index is 0.00846. The zero-order valence-corrected chi connectivity index (χ0v) is 25.8.